The van der Waals surface area contributed by atoms with Crippen LogP contribution in [0.25, 0.3) is 0 Å². The van der Waals surface area contributed by atoms with Gasteiger partial charge in [0.1, 0.15) is 5.82 Å². The number of hydrogen-bond acceptors (Lipinski definition) is 2. The third-order valence-electron chi connectivity index (χ3n) is 3.03. The Labute approximate surface area is 118 Å². The van der Waals surface area contributed by atoms with Crippen LogP contribution in [-0.4, -0.2) is 8.42 Å². The average Bonchev–Trinajstić information content (AvgIpc) is 2.39. The summed E-state index contributed by atoms with van der Waals surface area (Å²) in [4.78, 5) is 0.220. The van der Waals surface area contributed by atoms with Crippen LogP contribution in [0, 0.1) is 12.7 Å². The third-order valence-corrected chi connectivity index (χ3v) is 4.59. The van der Waals surface area contributed by atoms with Crippen molar-refractivity contribution in [3.8, 4) is 0 Å². The zero-order valence-electron chi connectivity index (χ0n) is 11.3. The van der Waals surface area contributed by atoms with E-state index in [1.54, 1.807) is 43.3 Å². The van der Waals surface area contributed by atoms with Gasteiger partial charge < -0.3 is 0 Å². The third kappa shape index (κ3) is 3.43. The standard InChI is InChI=1S/C15H16FNO2S/c1-11-3-9-15(10-4-11)20(18,19)17-12(2)13-5-7-14(16)8-6-13/h3-10,12,17H,1-2H3/t12-/m1/s1. The fourth-order valence-corrected chi connectivity index (χ4v) is 3.07. The molecule has 0 fully saturated rings. The number of sulfonamides is 1. The molecule has 20 heavy (non-hydrogen) atoms. The van der Waals surface area contributed by atoms with E-state index in [4.69, 9.17) is 0 Å². The molecular weight excluding hydrogens is 277 g/mol. The van der Waals surface area contributed by atoms with Crippen molar-refractivity contribution in [1.82, 2.24) is 4.72 Å². The molecular formula is C15H16FNO2S. The van der Waals surface area contributed by atoms with E-state index in [9.17, 15) is 12.8 Å². The summed E-state index contributed by atoms with van der Waals surface area (Å²) in [5.41, 5.74) is 1.71. The van der Waals surface area contributed by atoms with E-state index in [1.807, 2.05) is 6.92 Å². The van der Waals surface area contributed by atoms with E-state index >= 15 is 0 Å². The van der Waals surface area contributed by atoms with Crippen LogP contribution < -0.4 is 4.72 Å². The Morgan fingerprint density at radius 1 is 1.00 bits per heavy atom. The van der Waals surface area contributed by atoms with Crippen LogP contribution in [0.3, 0.4) is 0 Å². The van der Waals surface area contributed by atoms with Crippen molar-refractivity contribution < 1.29 is 12.8 Å². The topological polar surface area (TPSA) is 46.2 Å². The molecule has 5 heteroatoms. The SMILES string of the molecule is Cc1ccc(S(=O)(=O)N[C@H](C)c2ccc(F)cc2)cc1. The van der Waals surface area contributed by atoms with Crippen molar-refractivity contribution in [3.05, 3.63) is 65.5 Å². The lowest BCUT2D eigenvalue weighted by atomic mass is 10.1. The first-order chi connectivity index (χ1) is 9.38. The minimum absolute atomic E-state index is 0.220. The summed E-state index contributed by atoms with van der Waals surface area (Å²) in [6.07, 6.45) is 0. The van der Waals surface area contributed by atoms with Gasteiger partial charge in [-0.3, -0.25) is 0 Å². The maximum absolute atomic E-state index is 12.9. The molecule has 0 aromatic heterocycles. The lowest BCUT2D eigenvalue weighted by Crippen LogP contribution is -2.26. The Balaban J connectivity index is 2.19. The maximum Gasteiger partial charge on any atom is 0.241 e. The second-order valence-electron chi connectivity index (χ2n) is 4.71. The molecule has 3 nitrogen and oxygen atoms in total. The predicted molar refractivity (Wildman–Crippen MR) is 76.3 cm³/mol. The van der Waals surface area contributed by atoms with E-state index in [2.05, 4.69) is 4.72 Å². The maximum atomic E-state index is 12.9. The lowest BCUT2D eigenvalue weighted by molar-refractivity contribution is 0.566. The summed E-state index contributed by atoms with van der Waals surface area (Å²) >= 11 is 0. The molecule has 0 aliphatic rings. The summed E-state index contributed by atoms with van der Waals surface area (Å²) in [6, 6.07) is 12.0. The monoisotopic (exact) mass is 293 g/mol. The first-order valence-electron chi connectivity index (χ1n) is 6.23. The molecule has 2 aromatic carbocycles. The Kier molecular flexibility index (Phi) is 4.20. The van der Waals surface area contributed by atoms with Crippen LogP contribution in [-0.2, 0) is 10.0 Å². The van der Waals surface area contributed by atoms with E-state index < -0.39 is 16.1 Å². The predicted octanol–water partition coefficient (Wildman–Crippen LogP) is 3.17. The van der Waals surface area contributed by atoms with Gasteiger partial charge in [0.2, 0.25) is 10.0 Å². The van der Waals surface area contributed by atoms with E-state index in [0.29, 0.717) is 5.56 Å². The molecule has 2 rings (SSSR count). The minimum Gasteiger partial charge on any atom is -0.207 e. The number of nitrogens with one attached hydrogen (secondary N) is 1. The Morgan fingerprint density at radius 3 is 2.10 bits per heavy atom. The van der Waals surface area contributed by atoms with Gasteiger partial charge in [-0.1, -0.05) is 29.8 Å². The minimum atomic E-state index is -3.58. The summed E-state index contributed by atoms with van der Waals surface area (Å²) < 4.78 is 39.8. The van der Waals surface area contributed by atoms with Crippen molar-refractivity contribution in [1.29, 1.82) is 0 Å². The highest BCUT2D eigenvalue weighted by atomic mass is 32.2. The molecule has 0 radical (unpaired) electrons. The van der Waals surface area contributed by atoms with Crippen LogP contribution in [0.15, 0.2) is 53.4 Å². The highest BCUT2D eigenvalue weighted by molar-refractivity contribution is 7.89. The van der Waals surface area contributed by atoms with Crippen molar-refractivity contribution in [2.75, 3.05) is 0 Å². The Hall–Kier alpha value is -1.72. The molecule has 1 atom stereocenters. The van der Waals surface area contributed by atoms with Gasteiger partial charge in [0.15, 0.2) is 0 Å². The lowest BCUT2D eigenvalue weighted by Gasteiger charge is -2.14. The molecule has 106 valence electrons. The molecule has 0 aliphatic carbocycles. The highest BCUT2D eigenvalue weighted by Gasteiger charge is 2.18. The molecule has 0 saturated heterocycles. The van der Waals surface area contributed by atoms with Crippen molar-refractivity contribution in [2.24, 2.45) is 0 Å². The molecule has 0 aliphatic heterocycles. The summed E-state index contributed by atoms with van der Waals surface area (Å²) in [5, 5.41) is 0. The number of halogens is 1. The van der Waals surface area contributed by atoms with Crippen molar-refractivity contribution in [2.45, 2.75) is 24.8 Å². The quantitative estimate of drug-likeness (QED) is 0.941. The van der Waals surface area contributed by atoms with E-state index in [1.165, 1.54) is 12.1 Å². The van der Waals surface area contributed by atoms with Gasteiger partial charge in [-0.05, 0) is 43.7 Å². The molecule has 0 amide bonds. The Morgan fingerprint density at radius 2 is 1.55 bits per heavy atom. The molecule has 0 bridgehead atoms. The van der Waals surface area contributed by atoms with Gasteiger partial charge in [-0.15, -0.1) is 0 Å². The van der Waals surface area contributed by atoms with Crippen LogP contribution in [0.1, 0.15) is 24.1 Å². The normalized spacial score (nSPS) is 13.2. The first kappa shape index (κ1) is 14.7. The number of rotatable bonds is 4. The fourth-order valence-electron chi connectivity index (χ4n) is 1.84. The number of aryl methyl sites for hydroxylation is 1. The van der Waals surface area contributed by atoms with Crippen LogP contribution >= 0.6 is 0 Å². The summed E-state index contributed by atoms with van der Waals surface area (Å²) in [5.74, 6) is -0.345. The van der Waals surface area contributed by atoms with E-state index in [0.717, 1.165) is 5.56 Å². The van der Waals surface area contributed by atoms with E-state index in [-0.39, 0.29) is 10.7 Å². The van der Waals surface area contributed by atoms with Gasteiger partial charge in [-0.2, -0.15) is 0 Å². The molecule has 0 saturated carbocycles. The summed E-state index contributed by atoms with van der Waals surface area (Å²) in [7, 11) is -3.58. The second kappa shape index (κ2) is 5.73. The summed E-state index contributed by atoms with van der Waals surface area (Å²) in [6.45, 7) is 3.62. The van der Waals surface area contributed by atoms with Crippen molar-refractivity contribution in [3.63, 3.8) is 0 Å². The molecule has 1 N–H and O–H groups in total. The molecule has 0 unspecified atom stereocenters. The molecule has 0 spiro atoms. The second-order valence-corrected chi connectivity index (χ2v) is 6.42. The van der Waals surface area contributed by atoms with Crippen LogP contribution in [0.5, 0.6) is 0 Å². The largest absolute Gasteiger partial charge is 0.241 e. The van der Waals surface area contributed by atoms with Crippen LogP contribution in [0.2, 0.25) is 0 Å². The number of hydrogen-bond donors (Lipinski definition) is 1. The zero-order valence-corrected chi connectivity index (χ0v) is 12.1. The highest BCUT2D eigenvalue weighted by Crippen LogP contribution is 2.17. The van der Waals surface area contributed by atoms with Gasteiger partial charge in [0.25, 0.3) is 0 Å². The fraction of sp³-hybridized carbons (Fsp3) is 0.200. The average molecular weight is 293 g/mol. The Bertz CT molecular complexity index is 679. The number of benzene rings is 2. The molecule has 0 heterocycles. The van der Waals surface area contributed by atoms with Gasteiger partial charge >= 0.3 is 0 Å². The van der Waals surface area contributed by atoms with Crippen LogP contribution in [0.4, 0.5) is 4.39 Å². The molecule has 2 aromatic rings. The van der Waals surface area contributed by atoms with Gasteiger partial charge in [-0.25, -0.2) is 17.5 Å². The smallest absolute Gasteiger partial charge is 0.207 e. The zero-order chi connectivity index (χ0) is 14.8. The van der Waals surface area contributed by atoms with Crippen molar-refractivity contribution >= 4 is 10.0 Å². The first-order valence-corrected chi connectivity index (χ1v) is 7.71. The van der Waals surface area contributed by atoms with Gasteiger partial charge in [0.05, 0.1) is 4.90 Å². The van der Waals surface area contributed by atoms with Gasteiger partial charge in [0, 0.05) is 6.04 Å².